The second-order valence-corrected chi connectivity index (χ2v) is 13.8. The van der Waals surface area contributed by atoms with Gasteiger partial charge in [0, 0.05) is 20.5 Å². The summed E-state index contributed by atoms with van der Waals surface area (Å²) in [7, 11) is -0.737. The molecule has 0 spiro atoms. The first kappa shape index (κ1) is 26.8. The zero-order chi connectivity index (χ0) is 27.8. The van der Waals surface area contributed by atoms with E-state index in [9.17, 15) is 0 Å². The number of fused-ring (bicyclic) bond motifs is 1. The van der Waals surface area contributed by atoms with E-state index >= 15 is 0 Å². The number of rotatable bonds is 4. The van der Waals surface area contributed by atoms with Crippen LogP contribution in [0, 0.1) is 0 Å². The normalized spacial score (nSPS) is 21.1. The summed E-state index contributed by atoms with van der Waals surface area (Å²) in [5.41, 5.74) is 4.23. The van der Waals surface area contributed by atoms with Crippen LogP contribution in [0.4, 0.5) is 0 Å². The number of hydrogen-bond donors (Lipinski definition) is 0. The van der Waals surface area contributed by atoms with Gasteiger partial charge in [0.15, 0.2) is 0 Å². The third-order valence-corrected chi connectivity index (χ3v) is 10.2. The van der Waals surface area contributed by atoms with Crippen LogP contribution in [0.1, 0.15) is 55.4 Å². The summed E-state index contributed by atoms with van der Waals surface area (Å²) >= 11 is 1.83. The highest BCUT2D eigenvalue weighted by Crippen LogP contribution is 2.45. The van der Waals surface area contributed by atoms with Crippen molar-refractivity contribution >= 4 is 46.6 Å². The monoisotopic (exact) mass is 538 g/mol. The summed E-state index contributed by atoms with van der Waals surface area (Å²) in [4.78, 5) is 1.25. The maximum Gasteiger partial charge on any atom is 0.494 e. The summed E-state index contributed by atoms with van der Waals surface area (Å²) in [6.07, 6.45) is 0. The zero-order valence-electron chi connectivity index (χ0n) is 24.1. The van der Waals surface area contributed by atoms with Crippen LogP contribution in [0.3, 0.4) is 0 Å². The largest absolute Gasteiger partial charge is 0.494 e. The van der Waals surface area contributed by atoms with Gasteiger partial charge < -0.3 is 18.6 Å². The molecule has 6 rings (SSSR count). The van der Waals surface area contributed by atoms with Crippen molar-refractivity contribution in [2.24, 2.45) is 0 Å². The molecule has 3 heterocycles. The maximum atomic E-state index is 6.28. The van der Waals surface area contributed by atoms with Crippen molar-refractivity contribution in [3.63, 3.8) is 0 Å². The molecular formula is C32H36B2O4S. The molecule has 0 amide bonds. The van der Waals surface area contributed by atoms with Crippen LogP contribution >= 0.6 is 11.3 Å². The van der Waals surface area contributed by atoms with E-state index in [0.29, 0.717) is 0 Å². The molecular weight excluding hydrogens is 502 g/mol. The van der Waals surface area contributed by atoms with Crippen LogP contribution in [-0.2, 0) is 18.6 Å². The molecule has 4 aromatic rings. The lowest BCUT2D eigenvalue weighted by Gasteiger charge is -2.32. The summed E-state index contributed by atoms with van der Waals surface area (Å²) < 4.78 is 26.4. The van der Waals surface area contributed by atoms with Crippen molar-refractivity contribution < 1.29 is 18.6 Å². The van der Waals surface area contributed by atoms with Gasteiger partial charge in [0.1, 0.15) is 0 Å². The predicted molar refractivity (Wildman–Crippen MR) is 164 cm³/mol. The molecule has 7 heteroatoms. The van der Waals surface area contributed by atoms with Gasteiger partial charge in [0.2, 0.25) is 0 Å². The van der Waals surface area contributed by atoms with Gasteiger partial charge in [-0.2, -0.15) is 0 Å². The lowest BCUT2D eigenvalue weighted by molar-refractivity contribution is 0.00578. The average molecular weight is 538 g/mol. The summed E-state index contributed by atoms with van der Waals surface area (Å²) in [6.45, 7) is 16.7. The Morgan fingerprint density at radius 3 is 1.38 bits per heavy atom. The third kappa shape index (κ3) is 4.49. The van der Waals surface area contributed by atoms with Gasteiger partial charge in [-0.3, -0.25) is 0 Å². The van der Waals surface area contributed by atoms with Crippen LogP contribution < -0.4 is 10.9 Å². The Morgan fingerprint density at radius 2 is 0.923 bits per heavy atom. The minimum atomic E-state index is -0.370. The Kier molecular flexibility index (Phi) is 6.22. The van der Waals surface area contributed by atoms with Crippen molar-refractivity contribution in [1.82, 2.24) is 0 Å². The molecule has 0 N–H and O–H groups in total. The van der Waals surface area contributed by atoms with E-state index in [-0.39, 0.29) is 36.6 Å². The van der Waals surface area contributed by atoms with Gasteiger partial charge >= 0.3 is 14.2 Å². The fourth-order valence-corrected chi connectivity index (χ4v) is 6.32. The van der Waals surface area contributed by atoms with Crippen LogP contribution in [0.25, 0.3) is 31.7 Å². The highest BCUT2D eigenvalue weighted by Gasteiger charge is 2.52. The van der Waals surface area contributed by atoms with Crippen molar-refractivity contribution in [1.29, 1.82) is 0 Å². The van der Waals surface area contributed by atoms with Crippen molar-refractivity contribution in [2.75, 3.05) is 0 Å². The van der Waals surface area contributed by atoms with E-state index in [2.05, 4.69) is 128 Å². The van der Waals surface area contributed by atoms with Gasteiger partial charge in [0.25, 0.3) is 0 Å². The zero-order valence-corrected chi connectivity index (χ0v) is 24.9. The van der Waals surface area contributed by atoms with E-state index in [1.807, 2.05) is 11.3 Å². The summed E-state index contributed by atoms with van der Waals surface area (Å²) in [5, 5.41) is 1.26. The molecule has 2 aliphatic heterocycles. The Morgan fingerprint density at radius 1 is 0.513 bits per heavy atom. The molecule has 0 unspecified atom stereocenters. The van der Waals surface area contributed by atoms with Gasteiger partial charge in [-0.25, -0.2) is 0 Å². The molecule has 39 heavy (non-hydrogen) atoms. The van der Waals surface area contributed by atoms with Gasteiger partial charge in [-0.1, -0.05) is 66.7 Å². The van der Waals surface area contributed by atoms with Crippen LogP contribution in [0.2, 0.25) is 0 Å². The van der Waals surface area contributed by atoms with Crippen molar-refractivity contribution in [3.05, 3.63) is 72.8 Å². The SMILES string of the molecule is CC1(C)OB(c2ccc(-c3sc4ccccc4c3-c3ccc(B4OC(C)(C)C(C)(C)O4)cc3)cc2)OC1(C)C. The molecule has 1 aromatic heterocycles. The Balaban J connectivity index is 1.34. The molecule has 4 nitrogen and oxygen atoms in total. The van der Waals surface area contributed by atoms with E-state index in [0.717, 1.165) is 10.9 Å². The molecule has 0 saturated carbocycles. The molecule has 3 aromatic carbocycles. The van der Waals surface area contributed by atoms with Gasteiger partial charge in [-0.15, -0.1) is 11.3 Å². The van der Waals surface area contributed by atoms with E-state index in [1.54, 1.807) is 0 Å². The lowest BCUT2D eigenvalue weighted by Crippen LogP contribution is -2.41. The molecule has 200 valence electrons. The van der Waals surface area contributed by atoms with E-state index < -0.39 is 0 Å². The first-order valence-corrected chi connectivity index (χ1v) is 14.5. The third-order valence-electron chi connectivity index (χ3n) is 9.02. The fourth-order valence-electron chi connectivity index (χ4n) is 5.09. The quantitative estimate of drug-likeness (QED) is 0.267. The average Bonchev–Trinajstić information content (AvgIpc) is 3.44. The van der Waals surface area contributed by atoms with Crippen molar-refractivity contribution in [3.8, 4) is 21.6 Å². The molecule has 0 aliphatic carbocycles. The lowest BCUT2D eigenvalue weighted by atomic mass is 9.78. The Bertz CT molecular complexity index is 1490. The van der Waals surface area contributed by atoms with E-state index in [4.69, 9.17) is 18.6 Å². The van der Waals surface area contributed by atoms with Crippen LogP contribution in [0.5, 0.6) is 0 Å². The van der Waals surface area contributed by atoms with Crippen molar-refractivity contribution in [2.45, 2.75) is 77.8 Å². The van der Waals surface area contributed by atoms with Crippen LogP contribution in [0.15, 0.2) is 72.8 Å². The number of benzene rings is 3. The summed E-state index contributed by atoms with van der Waals surface area (Å²) in [6, 6.07) is 25.9. The second kappa shape index (κ2) is 9.05. The minimum absolute atomic E-state index is 0.360. The highest BCUT2D eigenvalue weighted by atomic mass is 32.1. The minimum Gasteiger partial charge on any atom is -0.399 e. The fraction of sp³-hybridized carbons (Fsp3) is 0.375. The predicted octanol–water partition coefficient (Wildman–Crippen LogP) is 6.83. The highest BCUT2D eigenvalue weighted by molar-refractivity contribution is 7.23. The second-order valence-electron chi connectivity index (χ2n) is 12.7. The first-order valence-electron chi connectivity index (χ1n) is 13.7. The molecule has 0 radical (unpaired) electrons. The molecule has 2 fully saturated rings. The van der Waals surface area contributed by atoms with Gasteiger partial charge in [-0.05, 0) is 83.5 Å². The van der Waals surface area contributed by atoms with Gasteiger partial charge in [0.05, 0.1) is 22.4 Å². The topological polar surface area (TPSA) is 36.9 Å². The summed E-state index contributed by atoms with van der Waals surface area (Å²) in [5.74, 6) is 0. The first-order chi connectivity index (χ1) is 18.3. The molecule has 2 aliphatic rings. The maximum absolute atomic E-state index is 6.28. The molecule has 0 atom stereocenters. The standard InChI is InChI=1S/C32H36B2O4S/c1-29(2)30(3,4)36-33(35-29)23-17-13-21(14-18-23)27-25-11-9-10-12-26(25)39-28(27)22-15-19-24(20-16-22)34-37-31(5,6)32(7,8)38-34/h9-20H,1-8H3. The Hall–Kier alpha value is -2.41. The smallest absolute Gasteiger partial charge is 0.399 e. The van der Waals surface area contributed by atoms with E-state index in [1.165, 1.54) is 31.7 Å². The number of hydrogen-bond acceptors (Lipinski definition) is 5. The molecule has 0 bridgehead atoms. The van der Waals surface area contributed by atoms with Crippen LogP contribution in [-0.4, -0.2) is 36.6 Å². The number of thiophene rings is 1. The molecule has 2 saturated heterocycles. The Labute approximate surface area is 236 Å².